The number of pyridine rings is 2. The number of hydrogen-bond acceptors (Lipinski definition) is 5. The molecule has 4 rings (SSSR count). The van der Waals surface area contributed by atoms with Gasteiger partial charge in [0.2, 0.25) is 0 Å². The SMILES string of the molecule is CC(C)(O)CCC(=O)CC1c2ccccc2C(=O)N1c1ccc2ccc(Cl)nc2n1. The fourth-order valence-electron chi connectivity index (χ4n) is 3.72. The molecule has 1 aliphatic rings. The molecule has 0 saturated carbocycles. The van der Waals surface area contributed by atoms with Gasteiger partial charge in [0.25, 0.3) is 5.91 Å². The van der Waals surface area contributed by atoms with Gasteiger partial charge < -0.3 is 5.11 Å². The number of carbonyl (C=O) groups excluding carboxylic acids is 2. The number of rotatable bonds is 6. The van der Waals surface area contributed by atoms with Crippen molar-refractivity contribution in [3.05, 3.63) is 64.8 Å². The number of aromatic nitrogens is 2. The van der Waals surface area contributed by atoms with Crippen LogP contribution in [-0.2, 0) is 4.79 Å². The lowest BCUT2D eigenvalue weighted by Gasteiger charge is -2.25. The van der Waals surface area contributed by atoms with Crippen molar-refractivity contribution in [1.82, 2.24) is 9.97 Å². The summed E-state index contributed by atoms with van der Waals surface area (Å²) in [5.41, 5.74) is 0.901. The van der Waals surface area contributed by atoms with Gasteiger partial charge in [-0.3, -0.25) is 14.5 Å². The molecule has 0 saturated heterocycles. The Bertz CT molecular complexity index is 1140. The van der Waals surface area contributed by atoms with Crippen LogP contribution in [0, 0.1) is 0 Å². The van der Waals surface area contributed by atoms with Gasteiger partial charge >= 0.3 is 0 Å². The number of fused-ring (bicyclic) bond motifs is 2. The topological polar surface area (TPSA) is 83.4 Å². The highest BCUT2D eigenvalue weighted by Crippen LogP contribution is 2.39. The summed E-state index contributed by atoms with van der Waals surface area (Å²) < 4.78 is 0. The molecule has 1 aromatic carbocycles. The van der Waals surface area contributed by atoms with Crippen LogP contribution in [0.4, 0.5) is 5.82 Å². The summed E-state index contributed by atoms with van der Waals surface area (Å²) in [6.07, 6.45) is 0.763. The van der Waals surface area contributed by atoms with Crippen LogP contribution in [0.5, 0.6) is 0 Å². The number of amides is 1. The number of hydrogen-bond donors (Lipinski definition) is 1. The molecule has 1 amide bonds. The van der Waals surface area contributed by atoms with Crippen molar-refractivity contribution in [1.29, 1.82) is 0 Å². The van der Waals surface area contributed by atoms with Gasteiger partial charge in [0.15, 0.2) is 5.65 Å². The molecule has 3 heterocycles. The molecule has 0 fully saturated rings. The number of benzene rings is 1. The number of ketones is 1. The Kier molecular flexibility index (Phi) is 5.30. The molecule has 7 heteroatoms. The predicted molar refractivity (Wildman–Crippen MR) is 116 cm³/mol. The minimum absolute atomic E-state index is 0.0152. The zero-order valence-corrected chi connectivity index (χ0v) is 17.6. The van der Waals surface area contributed by atoms with E-state index in [9.17, 15) is 14.7 Å². The van der Waals surface area contributed by atoms with Crippen LogP contribution in [-0.4, -0.2) is 32.4 Å². The second kappa shape index (κ2) is 7.78. The van der Waals surface area contributed by atoms with E-state index in [1.54, 1.807) is 36.9 Å². The molecule has 0 aliphatic carbocycles. The average molecular weight is 424 g/mol. The fraction of sp³-hybridized carbons (Fsp3) is 0.304. The van der Waals surface area contributed by atoms with Crippen LogP contribution in [0.1, 0.15) is 55.1 Å². The molecule has 1 unspecified atom stereocenters. The van der Waals surface area contributed by atoms with Crippen LogP contribution in [0.15, 0.2) is 48.5 Å². The van der Waals surface area contributed by atoms with Crippen LogP contribution >= 0.6 is 11.6 Å². The van der Waals surface area contributed by atoms with E-state index in [1.807, 2.05) is 30.3 Å². The maximum atomic E-state index is 13.2. The summed E-state index contributed by atoms with van der Waals surface area (Å²) in [5, 5.41) is 11.1. The van der Waals surface area contributed by atoms with Crippen molar-refractivity contribution in [3.63, 3.8) is 0 Å². The third kappa shape index (κ3) is 4.06. The Morgan fingerprint density at radius 1 is 1.13 bits per heavy atom. The molecule has 1 aliphatic heterocycles. The maximum Gasteiger partial charge on any atom is 0.260 e. The summed E-state index contributed by atoms with van der Waals surface area (Å²) in [4.78, 5) is 36.3. The lowest BCUT2D eigenvalue weighted by atomic mass is 9.95. The molecule has 1 atom stereocenters. The largest absolute Gasteiger partial charge is 0.390 e. The highest BCUT2D eigenvalue weighted by Gasteiger charge is 2.39. The molecule has 0 spiro atoms. The monoisotopic (exact) mass is 423 g/mol. The Balaban J connectivity index is 1.70. The number of Topliss-reactive ketones (excluding diaryl/α,β-unsaturated/α-hetero) is 1. The van der Waals surface area contributed by atoms with Crippen molar-refractivity contribution in [2.45, 2.75) is 44.8 Å². The highest BCUT2D eigenvalue weighted by atomic mass is 35.5. The van der Waals surface area contributed by atoms with Crippen molar-refractivity contribution in [2.24, 2.45) is 0 Å². The van der Waals surface area contributed by atoms with Crippen LogP contribution in [0.25, 0.3) is 11.0 Å². The first kappa shape index (κ1) is 20.4. The summed E-state index contributed by atoms with van der Waals surface area (Å²) in [7, 11) is 0. The van der Waals surface area contributed by atoms with Gasteiger partial charge in [-0.05, 0) is 56.2 Å². The van der Waals surface area contributed by atoms with Crippen LogP contribution in [0.2, 0.25) is 5.15 Å². The molecule has 1 N–H and O–H groups in total. The van der Waals surface area contributed by atoms with Gasteiger partial charge in [0.05, 0.1) is 11.6 Å². The number of carbonyl (C=O) groups is 2. The van der Waals surface area contributed by atoms with Crippen molar-refractivity contribution in [3.8, 4) is 0 Å². The summed E-state index contributed by atoms with van der Waals surface area (Å²) in [6, 6.07) is 14.0. The van der Waals surface area contributed by atoms with Crippen molar-refractivity contribution >= 4 is 40.1 Å². The second-order valence-corrected chi connectivity index (χ2v) is 8.57. The third-order valence-corrected chi connectivity index (χ3v) is 5.48. The normalized spacial score (nSPS) is 16.2. The Morgan fingerprint density at radius 3 is 2.63 bits per heavy atom. The van der Waals surface area contributed by atoms with Crippen LogP contribution in [0.3, 0.4) is 0 Å². The maximum absolute atomic E-state index is 13.2. The van der Waals surface area contributed by atoms with Gasteiger partial charge in [0.1, 0.15) is 16.8 Å². The second-order valence-electron chi connectivity index (χ2n) is 8.18. The number of halogens is 1. The van der Waals surface area contributed by atoms with Gasteiger partial charge in [0, 0.05) is 23.8 Å². The van der Waals surface area contributed by atoms with E-state index >= 15 is 0 Å². The Hall–Kier alpha value is -2.83. The first-order chi connectivity index (χ1) is 14.2. The summed E-state index contributed by atoms with van der Waals surface area (Å²) >= 11 is 6.00. The Morgan fingerprint density at radius 2 is 1.87 bits per heavy atom. The predicted octanol–water partition coefficient (Wildman–Crippen LogP) is 4.50. The van der Waals surface area contributed by atoms with E-state index in [0.29, 0.717) is 28.6 Å². The van der Waals surface area contributed by atoms with Crippen molar-refractivity contribution < 1.29 is 14.7 Å². The molecule has 3 aromatic rings. The molecular weight excluding hydrogens is 402 g/mol. The molecule has 154 valence electrons. The zero-order valence-electron chi connectivity index (χ0n) is 16.8. The molecule has 6 nitrogen and oxygen atoms in total. The minimum Gasteiger partial charge on any atom is -0.390 e. The molecule has 30 heavy (non-hydrogen) atoms. The lowest BCUT2D eigenvalue weighted by molar-refractivity contribution is -0.120. The molecule has 0 bridgehead atoms. The molecule has 0 radical (unpaired) electrons. The van der Waals surface area contributed by atoms with Gasteiger partial charge in [-0.1, -0.05) is 29.8 Å². The smallest absolute Gasteiger partial charge is 0.260 e. The molecular formula is C23H22ClN3O3. The van der Waals surface area contributed by atoms with Crippen molar-refractivity contribution in [2.75, 3.05) is 4.90 Å². The summed E-state index contributed by atoms with van der Waals surface area (Å²) in [5.74, 6) is 0.220. The third-order valence-electron chi connectivity index (χ3n) is 5.27. The highest BCUT2D eigenvalue weighted by molar-refractivity contribution is 6.29. The van der Waals surface area contributed by atoms with Gasteiger partial charge in [-0.2, -0.15) is 0 Å². The van der Waals surface area contributed by atoms with Gasteiger partial charge in [-0.15, -0.1) is 0 Å². The van der Waals surface area contributed by atoms with E-state index in [2.05, 4.69) is 9.97 Å². The average Bonchev–Trinajstić information content (AvgIpc) is 2.97. The van der Waals surface area contributed by atoms with Crippen LogP contribution < -0.4 is 4.90 Å². The quantitative estimate of drug-likeness (QED) is 0.590. The van der Waals surface area contributed by atoms with E-state index < -0.39 is 11.6 Å². The van der Waals surface area contributed by atoms with E-state index in [4.69, 9.17) is 11.6 Å². The standard InChI is InChI=1S/C23H22ClN3O3/c1-23(2,30)12-11-15(28)13-18-16-5-3-4-6-17(16)22(29)27(18)20-10-8-14-7-9-19(24)25-21(14)26-20/h3-10,18,30H,11-13H2,1-2H3. The van der Waals surface area contributed by atoms with E-state index in [0.717, 1.165) is 10.9 Å². The van der Waals surface area contributed by atoms with E-state index in [1.165, 1.54) is 0 Å². The minimum atomic E-state index is -0.913. The Labute approximate surface area is 179 Å². The fourth-order valence-corrected chi connectivity index (χ4v) is 3.86. The lowest BCUT2D eigenvalue weighted by Crippen LogP contribution is -2.30. The first-order valence-electron chi connectivity index (χ1n) is 9.83. The zero-order chi connectivity index (χ0) is 21.5. The van der Waals surface area contributed by atoms with Gasteiger partial charge in [-0.25, -0.2) is 9.97 Å². The number of anilines is 1. The first-order valence-corrected chi connectivity index (χ1v) is 10.2. The number of nitrogens with zero attached hydrogens (tertiary/aromatic N) is 3. The van der Waals surface area contributed by atoms with E-state index in [-0.39, 0.29) is 24.5 Å². The molecule has 2 aromatic heterocycles. The summed E-state index contributed by atoms with van der Waals surface area (Å²) in [6.45, 7) is 3.36. The number of aliphatic hydroxyl groups is 1.